The Morgan fingerprint density at radius 1 is 1.07 bits per heavy atom. The van der Waals surface area contributed by atoms with Crippen molar-refractivity contribution in [3.63, 3.8) is 0 Å². The van der Waals surface area contributed by atoms with Crippen LogP contribution in [0.5, 0.6) is 0 Å². The van der Waals surface area contributed by atoms with Crippen LogP contribution in [0.4, 0.5) is 19.0 Å². The second kappa shape index (κ2) is 7.73. The first-order valence-corrected chi connectivity index (χ1v) is 9.30. The van der Waals surface area contributed by atoms with Crippen LogP contribution in [-0.4, -0.2) is 27.6 Å². The Bertz CT molecular complexity index is 1120. The van der Waals surface area contributed by atoms with E-state index in [9.17, 15) is 13.6 Å². The second-order valence-corrected chi connectivity index (χ2v) is 7.04. The highest BCUT2D eigenvalue weighted by molar-refractivity contribution is 7.19. The van der Waals surface area contributed by atoms with Crippen molar-refractivity contribution in [2.75, 3.05) is 17.2 Å². The fraction of sp³-hybridized carbons (Fsp3) is 0.105. The van der Waals surface area contributed by atoms with Crippen LogP contribution in [0.25, 0.3) is 10.9 Å². The van der Waals surface area contributed by atoms with Crippen molar-refractivity contribution in [3.05, 3.63) is 71.4 Å². The number of aromatic amines is 1. The van der Waals surface area contributed by atoms with Crippen LogP contribution >= 0.6 is 11.3 Å². The summed E-state index contributed by atoms with van der Waals surface area (Å²) in [6, 6.07) is 10.7. The third kappa shape index (κ3) is 3.99. The molecule has 0 saturated heterocycles. The second-order valence-electron chi connectivity index (χ2n) is 6.06. The predicted molar refractivity (Wildman–Crippen MR) is 105 cm³/mol. The first-order valence-electron chi connectivity index (χ1n) is 8.48. The van der Waals surface area contributed by atoms with Gasteiger partial charge in [0, 0.05) is 35.3 Å². The summed E-state index contributed by atoms with van der Waals surface area (Å²) in [6.45, 7) is 0.638. The van der Waals surface area contributed by atoms with Gasteiger partial charge in [-0.3, -0.25) is 10.1 Å². The average Bonchev–Trinajstić information content (AvgIpc) is 3.28. The Kier molecular flexibility index (Phi) is 4.98. The SMILES string of the molecule is O=C(Nc1nnc(NCCc2c[nH]c3ccccc23)s1)c1cc(F)cc(F)c1. The van der Waals surface area contributed by atoms with Crippen molar-refractivity contribution in [1.82, 2.24) is 15.2 Å². The molecule has 1 amide bonds. The number of para-hydroxylation sites is 1. The number of carbonyl (C=O) groups is 1. The predicted octanol–water partition coefficient (Wildman–Crippen LogP) is 4.20. The number of carbonyl (C=O) groups excluding carboxylic acids is 1. The van der Waals surface area contributed by atoms with Crippen LogP contribution in [0.1, 0.15) is 15.9 Å². The minimum absolute atomic E-state index is 0.124. The zero-order valence-corrected chi connectivity index (χ0v) is 15.3. The summed E-state index contributed by atoms with van der Waals surface area (Å²) in [5.74, 6) is -2.29. The molecule has 0 aliphatic carbocycles. The molecule has 0 atom stereocenters. The van der Waals surface area contributed by atoms with Crippen molar-refractivity contribution in [2.45, 2.75) is 6.42 Å². The van der Waals surface area contributed by atoms with Crippen LogP contribution in [0, 0.1) is 11.6 Å². The lowest BCUT2D eigenvalue weighted by Gasteiger charge is -2.02. The van der Waals surface area contributed by atoms with E-state index in [1.54, 1.807) is 0 Å². The average molecular weight is 399 g/mol. The summed E-state index contributed by atoms with van der Waals surface area (Å²) < 4.78 is 26.5. The molecule has 0 bridgehead atoms. The van der Waals surface area contributed by atoms with Crippen LogP contribution in [0.3, 0.4) is 0 Å². The van der Waals surface area contributed by atoms with E-state index >= 15 is 0 Å². The molecule has 4 aromatic rings. The lowest BCUT2D eigenvalue weighted by atomic mass is 10.1. The molecule has 2 aromatic heterocycles. The molecular weight excluding hydrogens is 384 g/mol. The molecule has 0 spiro atoms. The smallest absolute Gasteiger partial charge is 0.257 e. The van der Waals surface area contributed by atoms with Crippen LogP contribution in [-0.2, 0) is 6.42 Å². The van der Waals surface area contributed by atoms with Gasteiger partial charge in [-0.05, 0) is 30.2 Å². The number of hydrogen-bond donors (Lipinski definition) is 3. The van der Waals surface area contributed by atoms with Crippen LogP contribution in [0.15, 0.2) is 48.7 Å². The number of nitrogens with zero attached hydrogens (tertiary/aromatic N) is 2. The van der Waals surface area contributed by atoms with Gasteiger partial charge in [0.25, 0.3) is 5.91 Å². The molecule has 0 fully saturated rings. The summed E-state index contributed by atoms with van der Waals surface area (Å²) in [5.41, 5.74) is 2.16. The van der Waals surface area contributed by atoms with E-state index in [-0.39, 0.29) is 10.7 Å². The summed E-state index contributed by atoms with van der Waals surface area (Å²) >= 11 is 1.14. The molecule has 9 heteroatoms. The summed E-state index contributed by atoms with van der Waals surface area (Å²) in [7, 11) is 0. The lowest BCUT2D eigenvalue weighted by molar-refractivity contribution is 0.102. The number of halogens is 2. The highest BCUT2D eigenvalue weighted by Crippen LogP contribution is 2.22. The molecule has 3 N–H and O–H groups in total. The van der Waals surface area contributed by atoms with E-state index in [1.807, 2.05) is 24.4 Å². The number of nitrogens with one attached hydrogen (secondary N) is 3. The maximum Gasteiger partial charge on any atom is 0.257 e. The van der Waals surface area contributed by atoms with E-state index in [2.05, 4.69) is 31.9 Å². The number of amides is 1. The maximum atomic E-state index is 13.2. The Morgan fingerprint density at radius 3 is 2.64 bits per heavy atom. The Balaban J connectivity index is 1.34. The van der Waals surface area contributed by atoms with E-state index in [0.717, 1.165) is 35.4 Å². The Morgan fingerprint density at radius 2 is 1.82 bits per heavy atom. The molecule has 4 rings (SSSR count). The normalized spacial score (nSPS) is 10.9. The number of benzene rings is 2. The molecule has 0 saturated carbocycles. The van der Waals surface area contributed by atoms with Gasteiger partial charge in [0.15, 0.2) is 0 Å². The van der Waals surface area contributed by atoms with Gasteiger partial charge >= 0.3 is 0 Å². The largest absolute Gasteiger partial charge is 0.361 e. The zero-order valence-electron chi connectivity index (χ0n) is 14.5. The van der Waals surface area contributed by atoms with Crippen molar-refractivity contribution in [1.29, 1.82) is 0 Å². The highest BCUT2D eigenvalue weighted by atomic mass is 32.1. The molecule has 0 aliphatic rings. The third-order valence-electron chi connectivity index (χ3n) is 4.12. The Hall–Kier alpha value is -3.33. The fourth-order valence-corrected chi connectivity index (χ4v) is 3.51. The van der Waals surface area contributed by atoms with Gasteiger partial charge < -0.3 is 10.3 Å². The number of aromatic nitrogens is 3. The van der Waals surface area contributed by atoms with Crippen molar-refractivity contribution < 1.29 is 13.6 Å². The number of anilines is 2. The number of hydrogen-bond acceptors (Lipinski definition) is 5. The first-order chi connectivity index (χ1) is 13.6. The monoisotopic (exact) mass is 399 g/mol. The van der Waals surface area contributed by atoms with Gasteiger partial charge in [-0.2, -0.15) is 0 Å². The van der Waals surface area contributed by atoms with Gasteiger partial charge in [0.05, 0.1) is 0 Å². The molecule has 2 heterocycles. The van der Waals surface area contributed by atoms with Crippen molar-refractivity contribution in [3.8, 4) is 0 Å². The maximum absolute atomic E-state index is 13.2. The van der Waals surface area contributed by atoms with Crippen molar-refractivity contribution in [2.24, 2.45) is 0 Å². The summed E-state index contributed by atoms with van der Waals surface area (Å²) in [6.07, 6.45) is 2.77. The molecule has 28 heavy (non-hydrogen) atoms. The zero-order chi connectivity index (χ0) is 19.5. The van der Waals surface area contributed by atoms with E-state index in [4.69, 9.17) is 0 Å². The summed E-state index contributed by atoms with van der Waals surface area (Å²) in [4.78, 5) is 15.3. The van der Waals surface area contributed by atoms with Gasteiger partial charge in [-0.1, -0.05) is 29.5 Å². The van der Waals surface area contributed by atoms with E-state index in [0.29, 0.717) is 17.7 Å². The topological polar surface area (TPSA) is 82.7 Å². The highest BCUT2D eigenvalue weighted by Gasteiger charge is 2.12. The lowest BCUT2D eigenvalue weighted by Crippen LogP contribution is -2.12. The molecular formula is C19H15F2N5OS. The molecule has 6 nitrogen and oxygen atoms in total. The number of rotatable bonds is 6. The molecule has 0 radical (unpaired) electrons. The summed E-state index contributed by atoms with van der Waals surface area (Å²) in [5, 5.41) is 15.4. The minimum Gasteiger partial charge on any atom is -0.361 e. The van der Waals surface area contributed by atoms with Crippen LogP contribution < -0.4 is 10.6 Å². The number of H-pyrrole nitrogens is 1. The Labute approximate surface area is 162 Å². The van der Waals surface area contributed by atoms with Gasteiger partial charge in [-0.25, -0.2) is 8.78 Å². The molecule has 2 aromatic carbocycles. The molecule has 142 valence electrons. The van der Waals surface area contributed by atoms with E-state index in [1.165, 1.54) is 10.9 Å². The van der Waals surface area contributed by atoms with Gasteiger partial charge in [-0.15, -0.1) is 10.2 Å². The van der Waals surface area contributed by atoms with Gasteiger partial charge in [0.2, 0.25) is 10.3 Å². The van der Waals surface area contributed by atoms with E-state index < -0.39 is 17.5 Å². The molecule has 0 unspecified atom stereocenters. The number of fused-ring (bicyclic) bond motifs is 1. The van der Waals surface area contributed by atoms with Crippen molar-refractivity contribution >= 4 is 38.4 Å². The molecule has 0 aliphatic heterocycles. The minimum atomic E-state index is -0.818. The standard InChI is InChI=1S/C19H15F2N5OS/c20-13-7-12(8-14(21)9-13)17(27)24-19-26-25-18(28-19)22-6-5-11-10-23-16-4-2-1-3-15(11)16/h1-4,7-10,23H,5-6H2,(H,22,25)(H,24,26,27). The fourth-order valence-electron chi connectivity index (χ4n) is 2.84. The van der Waals surface area contributed by atoms with Gasteiger partial charge in [0.1, 0.15) is 11.6 Å². The quantitative estimate of drug-likeness (QED) is 0.454. The van der Waals surface area contributed by atoms with Crippen LogP contribution in [0.2, 0.25) is 0 Å². The third-order valence-corrected chi connectivity index (χ3v) is 4.91. The first kappa shape index (κ1) is 18.1.